The molecule has 4 rings (SSSR count). The molecule has 0 aliphatic heterocycles. The normalized spacial score (nSPS) is 10.9. The van der Waals surface area contributed by atoms with Crippen molar-refractivity contribution < 1.29 is 4.79 Å². The number of pyridine rings is 1. The van der Waals surface area contributed by atoms with E-state index in [4.69, 9.17) is 5.73 Å². The molecule has 0 bridgehead atoms. The minimum Gasteiger partial charge on any atom is -0.383 e. The second-order valence-electron chi connectivity index (χ2n) is 8.03. The van der Waals surface area contributed by atoms with E-state index in [-0.39, 0.29) is 30.4 Å². The van der Waals surface area contributed by atoms with Gasteiger partial charge in [0.1, 0.15) is 10.8 Å². The Kier molecular flexibility index (Phi) is 7.51. The Morgan fingerprint density at radius 2 is 1.97 bits per heavy atom. The smallest absolute Gasteiger partial charge is 0.330 e. The Bertz CT molecular complexity index is 1410. The number of carbonyl (C=O) groups is 1. The first kappa shape index (κ1) is 24.1. The van der Waals surface area contributed by atoms with E-state index in [1.54, 1.807) is 12.4 Å². The summed E-state index contributed by atoms with van der Waals surface area (Å²) in [6.07, 6.45) is 4.92. The maximum absolute atomic E-state index is 13.6. The van der Waals surface area contributed by atoms with Crippen LogP contribution in [0.5, 0.6) is 0 Å². The zero-order valence-electron chi connectivity index (χ0n) is 19.3. The fraction of sp³-hybridized carbons (Fsp3) is 0.240. The Balaban J connectivity index is 1.70. The zero-order chi connectivity index (χ0) is 24.8. The summed E-state index contributed by atoms with van der Waals surface area (Å²) in [5.41, 5.74) is 7.27. The van der Waals surface area contributed by atoms with Crippen molar-refractivity contribution >= 4 is 28.7 Å². The van der Waals surface area contributed by atoms with Crippen molar-refractivity contribution in [2.45, 2.75) is 39.3 Å². The molecule has 35 heavy (non-hydrogen) atoms. The number of thiazole rings is 1. The molecule has 0 aliphatic rings. The van der Waals surface area contributed by atoms with Crippen LogP contribution in [0, 0.1) is 0 Å². The van der Waals surface area contributed by atoms with Gasteiger partial charge in [-0.25, -0.2) is 9.78 Å². The number of nitrogens with zero attached hydrogens (tertiary/aromatic N) is 4. The number of nitrogens with two attached hydrogens (primary N) is 1. The summed E-state index contributed by atoms with van der Waals surface area (Å²) in [7, 11) is 0. The molecule has 0 aliphatic carbocycles. The van der Waals surface area contributed by atoms with Gasteiger partial charge in [-0.2, -0.15) is 0 Å². The van der Waals surface area contributed by atoms with E-state index >= 15 is 0 Å². The van der Waals surface area contributed by atoms with Crippen LogP contribution < -0.4 is 21.9 Å². The van der Waals surface area contributed by atoms with E-state index < -0.39 is 11.2 Å². The lowest BCUT2D eigenvalue weighted by molar-refractivity contribution is -0.118. The number of benzene rings is 1. The summed E-state index contributed by atoms with van der Waals surface area (Å²) in [6.45, 7) is 2.46. The summed E-state index contributed by atoms with van der Waals surface area (Å²) in [4.78, 5) is 51.2. The standard InChI is InChI=1S/C25H26N6O3S/c1-2-3-12-30-22(26)21(23(33)29-25(30)34)31(15-17-8-5-4-6-9-17)20(32)13-19-16-35-24(28-19)18-10-7-11-27-14-18/h4-11,14,16H,2-3,12-13,15,26H2,1H3,(H,29,33,34). The second-order valence-corrected chi connectivity index (χ2v) is 8.88. The molecule has 0 fully saturated rings. The van der Waals surface area contributed by atoms with Crippen LogP contribution in [0.1, 0.15) is 31.0 Å². The number of hydrogen-bond acceptors (Lipinski definition) is 7. The van der Waals surface area contributed by atoms with Gasteiger partial charge in [0.25, 0.3) is 5.56 Å². The van der Waals surface area contributed by atoms with Gasteiger partial charge in [-0.05, 0) is 24.1 Å². The highest BCUT2D eigenvalue weighted by Gasteiger charge is 2.25. The summed E-state index contributed by atoms with van der Waals surface area (Å²) in [5, 5.41) is 2.57. The van der Waals surface area contributed by atoms with Crippen molar-refractivity contribution in [2.24, 2.45) is 0 Å². The topological polar surface area (TPSA) is 127 Å². The van der Waals surface area contributed by atoms with E-state index in [2.05, 4.69) is 15.0 Å². The van der Waals surface area contributed by atoms with E-state index in [0.29, 0.717) is 18.7 Å². The number of amides is 1. The monoisotopic (exact) mass is 490 g/mol. The minimum atomic E-state index is -0.696. The maximum atomic E-state index is 13.6. The van der Waals surface area contributed by atoms with Crippen LogP contribution in [0.25, 0.3) is 10.6 Å². The van der Waals surface area contributed by atoms with Crippen molar-refractivity contribution in [2.75, 3.05) is 10.6 Å². The van der Waals surface area contributed by atoms with Gasteiger partial charge in [0.05, 0.1) is 18.7 Å². The molecule has 1 amide bonds. The molecule has 3 heterocycles. The second kappa shape index (κ2) is 10.9. The van der Waals surface area contributed by atoms with Crippen LogP contribution in [0.15, 0.2) is 69.8 Å². The number of aromatic amines is 1. The number of aromatic nitrogens is 4. The van der Waals surface area contributed by atoms with E-state index in [9.17, 15) is 14.4 Å². The highest BCUT2D eigenvalue weighted by Crippen LogP contribution is 2.25. The van der Waals surface area contributed by atoms with E-state index in [1.165, 1.54) is 20.8 Å². The summed E-state index contributed by atoms with van der Waals surface area (Å²) in [5.74, 6) is -0.374. The highest BCUT2D eigenvalue weighted by molar-refractivity contribution is 7.13. The summed E-state index contributed by atoms with van der Waals surface area (Å²) < 4.78 is 1.31. The zero-order valence-corrected chi connectivity index (χ0v) is 20.1. The van der Waals surface area contributed by atoms with Gasteiger partial charge in [-0.3, -0.25) is 29.0 Å². The number of anilines is 2. The van der Waals surface area contributed by atoms with Crippen LogP contribution in [-0.4, -0.2) is 25.4 Å². The number of hydrogen-bond donors (Lipinski definition) is 2. The molecule has 1 aromatic carbocycles. The third-order valence-corrected chi connectivity index (χ3v) is 6.44. The Morgan fingerprint density at radius 3 is 2.69 bits per heavy atom. The van der Waals surface area contributed by atoms with Crippen LogP contribution in [0.4, 0.5) is 11.5 Å². The van der Waals surface area contributed by atoms with Crippen molar-refractivity contribution in [3.8, 4) is 10.6 Å². The van der Waals surface area contributed by atoms with Crippen molar-refractivity contribution in [1.82, 2.24) is 19.5 Å². The van der Waals surface area contributed by atoms with Crippen molar-refractivity contribution in [3.63, 3.8) is 0 Å². The first-order chi connectivity index (χ1) is 17.0. The van der Waals surface area contributed by atoms with Gasteiger partial charge in [0.2, 0.25) is 5.91 Å². The SMILES string of the molecule is CCCCn1c(N)c(N(Cc2ccccc2)C(=O)Cc2csc(-c3cccnc3)n2)c(=O)[nH]c1=O. The molecule has 180 valence electrons. The lowest BCUT2D eigenvalue weighted by Gasteiger charge is -2.24. The Hall–Kier alpha value is -4.05. The average Bonchev–Trinajstić information content (AvgIpc) is 3.33. The van der Waals surface area contributed by atoms with Crippen LogP contribution in [0.3, 0.4) is 0 Å². The molecule has 0 saturated heterocycles. The summed E-state index contributed by atoms with van der Waals surface area (Å²) >= 11 is 1.42. The van der Waals surface area contributed by atoms with Crippen LogP contribution in [-0.2, 0) is 24.3 Å². The van der Waals surface area contributed by atoms with Crippen LogP contribution in [0.2, 0.25) is 0 Å². The van der Waals surface area contributed by atoms with Crippen LogP contribution >= 0.6 is 11.3 Å². The molecule has 4 aromatic rings. The predicted molar refractivity (Wildman–Crippen MR) is 137 cm³/mol. The lowest BCUT2D eigenvalue weighted by Crippen LogP contribution is -2.41. The molecule has 0 spiro atoms. The molecule has 10 heteroatoms. The van der Waals surface area contributed by atoms with E-state index in [0.717, 1.165) is 22.6 Å². The molecule has 3 aromatic heterocycles. The first-order valence-corrected chi connectivity index (χ1v) is 12.2. The van der Waals surface area contributed by atoms with Gasteiger partial charge in [-0.1, -0.05) is 43.7 Å². The lowest BCUT2D eigenvalue weighted by atomic mass is 10.2. The minimum absolute atomic E-state index is 0.0224. The third kappa shape index (κ3) is 5.55. The Morgan fingerprint density at radius 1 is 1.17 bits per heavy atom. The molecule has 0 radical (unpaired) electrons. The molecule has 0 atom stereocenters. The quantitative estimate of drug-likeness (QED) is 0.371. The molecule has 3 N–H and O–H groups in total. The number of H-pyrrole nitrogens is 1. The fourth-order valence-electron chi connectivity index (χ4n) is 3.69. The molecule has 0 unspecified atom stereocenters. The number of nitrogens with one attached hydrogen (secondary N) is 1. The molecule has 0 saturated carbocycles. The number of rotatable bonds is 9. The van der Waals surface area contributed by atoms with Crippen molar-refractivity contribution in [3.05, 3.63) is 92.3 Å². The first-order valence-electron chi connectivity index (χ1n) is 11.3. The fourth-order valence-corrected chi connectivity index (χ4v) is 4.51. The van der Waals surface area contributed by atoms with Gasteiger partial charge in [-0.15, -0.1) is 11.3 Å². The predicted octanol–water partition coefficient (Wildman–Crippen LogP) is 3.21. The van der Waals surface area contributed by atoms with Gasteiger partial charge in [0.15, 0.2) is 5.69 Å². The van der Waals surface area contributed by atoms with E-state index in [1.807, 2.05) is 54.8 Å². The van der Waals surface area contributed by atoms with Crippen molar-refractivity contribution in [1.29, 1.82) is 0 Å². The number of unbranched alkanes of at least 4 members (excludes halogenated alkanes) is 1. The molecular weight excluding hydrogens is 464 g/mol. The number of nitrogen functional groups attached to an aromatic ring is 1. The Labute approximate surface area is 205 Å². The van der Waals surface area contributed by atoms with Gasteiger partial charge >= 0.3 is 5.69 Å². The van der Waals surface area contributed by atoms with Gasteiger partial charge < -0.3 is 5.73 Å². The largest absolute Gasteiger partial charge is 0.383 e. The average molecular weight is 491 g/mol. The van der Waals surface area contributed by atoms with Gasteiger partial charge in [0, 0.05) is 29.9 Å². The summed E-state index contributed by atoms with van der Waals surface area (Å²) in [6, 6.07) is 13.0. The highest BCUT2D eigenvalue weighted by atomic mass is 32.1. The number of carbonyl (C=O) groups excluding carboxylic acids is 1. The molecule has 9 nitrogen and oxygen atoms in total. The maximum Gasteiger partial charge on any atom is 0.330 e. The molecular formula is C25H26N6O3S. The third-order valence-electron chi connectivity index (χ3n) is 5.50.